The molecule has 1 aromatic carbocycles. The van der Waals surface area contributed by atoms with E-state index < -0.39 is 10.0 Å². The normalized spacial score (nSPS) is 15.7. The van der Waals surface area contributed by atoms with Crippen molar-refractivity contribution in [1.82, 2.24) is 24.4 Å². The summed E-state index contributed by atoms with van der Waals surface area (Å²) in [6, 6.07) is 5.48. The van der Waals surface area contributed by atoms with E-state index in [0.29, 0.717) is 35.5 Å². The lowest BCUT2D eigenvalue weighted by Gasteiger charge is -2.36. The highest BCUT2D eigenvalue weighted by atomic mass is 32.2. The molecule has 0 N–H and O–H groups in total. The topological polar surface area (TPSA) is 102 Å². The van der Waals surface area contributed by atoms with E-state index in [2.05, 4.69) is 20.1 Å². The van der Waals surface area contributed by atoms with Crippen LogP contribution in [0.4, 0.5) is 0 Å². The summed E-state index contributed by atoms with van der Waals surface area (Å²) in [6.07, 6.45) is 3.20. The van der Waals surface area contributed by atoms with Crippen molar-refractivity contribution >= 4 is 10.0 Å². The predicted molar refractivity (Wildman–Crippen MR) is 97.5 cm³/mol. The van der Waals surface area contributed by atoms with Crippen molar-refractivity contribution in [3.8, 4) is 11.6 Å². The zero-order valence-corrected chi connectivity index (χ0v) is 16.1. The van der Waals surface area contributed by atoms with Crippen LogP contribution >= 0.6 is 0 Å². The molecular weight excluding hydrogens is 366 g/mol. The molecule has 1 fully saturated rings. The number of hydrogen-bond acceptors (Lipinski definition) is 7. The van der Waals surface area contributed by atoms with Gasteiger partial charge in [-0.05, 0) is 38.0 Å². The SMILES string of the molecule is Cc1cc(C)c(S(=O)(=O)N2CC(c3nc(-c4ncccn4)no3)C2)c(C)c1. The van der Waals surface area contributed by atoms with Crippen LogP contribution in [0.2, 0.25) is 0 Å². The highest BCUT2D eigenvalue weighted by Gasteiger charge is 2.41. The number of rotatable bonds is 4. The van der Waals surface area contributed by atoms with Crippen molar-refractivity contribution < 1.29 is 12.9 Å². The second kappa shape index (κ2) is 6.50. The van der Waals surface area contributed by atoms with Gasteiger partial charge >= 0.3 is 0 Å². The molecule has 2 aromatic heterocycles. The zero-order valence-electron chi connectivity index (χ0n) is 15.2. The molecule has 0 aliphatic carbocycles. The molecule has 0 radical (unpaired) electrons. The van der Waals surface area contributed by atoms with Gasteiger partial charge in [0, 0.05) is 25.5 Å². The minimum absolute atomic E-state index is 0.129. The Morgan fingerprint density at radius 2 is 1.67 bits per heavy atom. The number of aryl methyl sites for hydroxylation is 3. The summed E-state index contributed by atoms with van der Waals surface area (Å²) >= 11 is 0. The summed E-state index contributed by atoms with van der Waals surface area (Å²) < 4.78 is 32.8. The molecule has 3 aromatic rings. The fourth-order valence-electron chi connectivity index (χ4n) is 3.40. The van der Waals surface area contributed by atoms with E-state index in [1.807, 2.05) is 32.9 Å². The van der Waals surface area contributed by atoms with Crippen LogP contribution in [-0.2, 0) is 10.0 Å². The smallest absolute Gasteiger partial charge is 0.243 e. The molecule has 9 heteroatoms. The van der Waals surface area contributed by atoms with Gasteiger partial charge in [0.2, 0.25) is 27.6 Å². The molecule has 0 bridgehead atoms. The van der Waals surface area contributed by atoms with E-state index in [1.165, 1.54) is 4.31 Å². The Bertz CT molecular complexity index is 1070. The number of benzene rings is 1. The van der Waals surface area contributed by atoms with Crippen molar-refractivity contribution in [2.24, 2.45) is 0 Å². The van der Waals surface area contributed by atoms with Crippen LogP contribution in [0.1, 0.15) is 28.5 Å². The Kier molecular flexibility index (Phi) is 4.27. The van der Waals surface area contributed by atoms with Crippen LogP contribution in [0.5, 0.6) is 0 Å². The molecule has 0 atom stereocenters. The fourth-order valence-corrected chi connectivity index (χ4v) is 5.34. The molecule has 0 spiro atoms. The van der Waals surface area contributed by atoms with Crippen LogP contribution in [0.3, 0.4) is 0 Å². The lowest BCUT2D eigenvalue weighted by Crippen LogP contribution is -2.48. The zero-order chi connectivity index (χ0) is 19.2. The van der Waals surface area contributed by atoms with E-state index in [9.17, 15) is 8.42 Å². The molecule has 3 heterocycles. The van der Waals surface area contributed by atoms with Crippen molar-refractivity contribution in [3.05, 3.63) is 53.2 Å². The largest absolute Gasteiger partial charge is 0.338 e. The van der Waals surface area contributed by atoms with Crippen molar-refractivity contribution in [2.75, 3.05) is 13.1 Å². The van der Waals surface area contributed by atoms with Crippen LogP contribution < -0.4 is 0 Å². The maximum absolute atomic E-state index is 13.0. The van der Waals surface area contributed by atoms with Gasteiger partial charge in [-0.3, -0.25) is 0 Å². The Labute approximate surface area is 157 Å². The highest BCUT2D eigenvalue weighted by Crippen LogP contribution is 2.34. The summed E-state index contributed by atoms with van der Waals surface area (Å²) in [5.74, 6) is 0.955. The van der Waals surface area contributed by atoms with Crippen LogP contribution in [0.15, 0.2) is 40.0 Å². The third kappa shape index (κ3) is 3.13. The minimum Gasteiger partial charge on any atom is -0.338 e. The molecule has 0 amide bonds. The second-order valence-corrected chi connectivity index (χ2v) is 8.65. The third-order valence-electron chi connectivity index (χ3n) is 4.61. The summed E-state index contributed by atoms with van der Waals surface area (Å²) in [5, 5.41) is 3.89. The summed E-state index contributed by atoms with van der Waals surface area (Å²) in [5.41, 5.74) is 2.57. The fraction of sp³-hybridized carbons (Fsp3) is 0.333. The maximum Gasteiger partial charge on any atom is 0.243 e. The van der Waals surface area contributed by atoms with Crippen molar-refractivity contribution in [1.29, 1.82) is 0 Å². The van der Waals surface area contributed by atoms with Gasteiger partial charge in [0.15, 0.2) is 0 Å². The monoisotopic (exact) mass is 385 g/mol. The van der Waals surface area contributed by atoms with Gasteiger partial charge in [-0.15, -0.1) is 0 Å². The molecule has 27 heavy (non-hydrogen) atoms. The molecule has 1 aliphatic rings. The van der Waals surface area contributed by atoms with Gasteiger partial charge in [0.1, 0.15) is 0 Å². The minimum atomic E-state index is -3.55. The molecule has 0 unspecified atom stereocenters. The molecule has 8 nitrogen and oxygen atoms in total. The standard InChI is InChI=1S/C18H19N5O3S/c1-11-7-12(2)15(13(3)8-11)27(24,25)23-9-14(10-23)18-21-17(22-26-18)16-19-5-4-6-20-16/h4-8,14H,9-10H2,1-3H3. The lowest BCUT2D eigenvalue weighted by molar-refractivity contribution is 0.216. The molecular formula is C18H19N5O3S. The highest BCUT2D eigenvalue weighted by molar-refractivity contribution is 7.89. The number of nitrogens with zero attached hydrogens (tertiary/aromatic N) is 5. The molecule has 1 saturated heterocycles. The van der Waals surface area contributed by atoms with E-state index in [0.717, 1.165) is 16.7 Å². The average molecular weight is 385 g/mol. The van der Waals surface area contributed by atoms with Crippen LogP contribution in [-0.4, -0.2) is 45.9 Å². The van der Waals surface area contributed by atoms with Crippen LogP contribution in [0.25, 0.3) is 11.6 Å². The Morgan fingerprint density at radius 1 is 1.04 bits per heavy atom. The number of aromatic nitrogens is 4. The Morgan fingerprint density at radius 3 is 2.30 bits per heavy atom. The first kappa shape index (κ1) is 17.7. The number of sulfonamides is 1. The maximum atomic E-state index is 13.0. The van der Waals surface area contributed by atoms with Crippen molar-refractivity contribution in [2.45, 2.75) is 31.6 Å². The van der Waals surface area contributed by atoms with Gasteiger partial charge in [0.05, 0.1) is 10.8 Å². The van der Waals surface area contributed by atoms with Gasteiger partial charge in [0.25, 0.3) is 0 Å². The Hall–Kier alpha value is -2.65. The molecule has 1 aliphatic heterocycles. The average Bonchev–Trinajstić information content (AvgIpc) is 3.02. The van der Waals surface area contributed by atoms with E-state index in [-0.39, 0.29) is 5.92 Å². The number of hydrogen-bond donors (Lipinski definition) is 0. The summed E-state index contributed by atoms with van der Waals surface area (Å²) in [6.45, 7) is 6.24. The van der Waals surface area contributed by atoms with Gasteiger partial charge < -0.3 is 4.52 Å². The van der Waals surface area contributed by atoms with Gasteiger partial charge in [-0.2, -0.15) is 9.29 Å². The quantitative estimate of drug-likeness (QED) is 0.678. The van der Waals surface area contributed by atoms with E-state index in [1.54, 1.807) is 18.5 Å². The summed E-state index contributed by atoms with van der Waals surface area (Å²) in [7, 11) is -3.55. The first-order valence-corrected chi connectivity index (χ1v) is 9.99. The van der Waals surface area contributed by atoms with E-state index in [4.69, 9.17) is 4.52 Å². The lowest BCUT2D eigenvalue weighted by atomic mass is 10.0. The molecule has 4 rings (SSSR count). The first-order chi connectivity index (χ1) is 12.9. The van der Waals surface area contributed by atoms with Crippen molar-refractivity contribution in [3.63, 3.8) is 0 Å². The Balaban J connectivity index is 1.52. The van der Waals surface area contributed by atoms with Gasteiger partial charge in [-0.1, -0.05) is 22.9 Å². The summed E-state index contributed by atoms with van der Waals surface area (Å²) in [4.78, 5) is 12.9. The molecule has 140 valence electrons. The first-order valence-electron chi connectivity index (χ1n) is 8.55. The van der Waals surface area contributed by atoms with Gasteiger partial charge in [-0.25, -0.2) is 18.4 Å². The second-order valence-electron chi connectivity index (χ2n) is 6.78. The predicted octanol–water partition coefficient (Wildman–Crippen LogP) is 2.24. The van der Waals surface area contributed by atoms with Crippen LogP contribution in [0, 0.1) is 20.8 Å². The third-order valence-corrected chi connectivity index (χ3v) is 6.75. The molecule has 0 saturated carbocycles. The van der Waals surface area contributed by atoms with E-state index >= 15 is 0 Å².